The maximum Gasteiger partial charge on any atom is 0.238 e. The number of fused-ring (bicyclic) bond motifs is 1. The van der Waals surface area contributed by atoms with Crippen molar-refractivity contribution in [2.24, 2.45) is 0 Å². The Morgan fingerprint density at radius 3 is 2.91 bits per heavy atom. The van der Waals surface area contributed by atoms with Crippen LogP contribution < -0.4 is 16.0 Å². The Labute approximate surface area is 136 Å². The summed E-state index contributed by atoms with van der Waals surface area (Å²) < 4.78 is 0. The zero-order valence-electron chi connectivity index (χ0n) is 13.4. The van der Waals surface area contributed by atoms with Crippen molar-refractivity contribution in [1.82, 2.24) is 15.5 Å². The van der Waals surface area contributed by atoms with Gasteiger partial charge in [-0.1, -0.05) is 18.2 Å². The van der Waals surface area contributed by atoms with E-state index < -0.39 is 0 Å². The van der Waals surface area contributed by atoms with Crippen molar-refractivity contribution in [2.75, 3.05) is 25.5 Å². The van der Waals surface area contributed by atoms with Crippen LogP contribution in [0.25, 0.3) is 0 Å². The average molecular weight is 316 g/mol. The summed E-state index contributed by atoms with van der Waals surface area (Å²) in [4.78, 5) is 26.5. The molecule has 2 saturated heterocycles. The Morgan fingerprint density at radius 1 is 1.35 bits per heavy atom. The molecule has 3 rings (SSSR count). The second kappa shape index (κ2) is 7.10. The third-order valence-corrected chi connectivity index (χ3v) is 4.84. The van der Waals surface area contributed by atoms with Gasteiger partial charge in [-0.3, -0.25) is 14.5 Å². The van der Waals surface area contributed by atoms with Gasteiger partial charge in [0, 0.05) is 30.7 Å². The molecule has 0 bridgehead atoms. The van der Waals surface area contributed by atoms with Crippen LogP contribution in [0.5, 0.6) is 0 Å². The molecule has 0 unspecified atom stereocenters. The number of benzene rings is 1. The molecular weight excluding hydrogens is 292 g/mol. The molecule has 3 atom stereocenters. The third kappa shape index (κ3) is 3.71. The van der Waals surface area contributed by atoms with Crippen LogP contribution in [0.15, 0.2) is 30.3 Å². The summed E-state index contributed by atoms with van der Waals surface area (Å²) in [5.41, 5.74) is 0.820. The van der Waals surface area contributed by atoms with Crippen LogP contribution in [0.4, 0.5) is 5.69 Å². The fourth-order valence-corrected chi connectivity index (χ4v) is 3.49. The van der Waals surface area contributed by atoms with Gasteiger partial charge in [-0.2, -0.15) is 0 Å². The molecule has 0 aliphatic carbocycles. The van der Waals surface area contributed by atoms with E-state index in [1.54, 1.807) is 0 Å². The van der Waals surface area contributed by atoms with Gasteiger partial charge in [-0.05, 0) is 38.6 Å². The lowest BCUT2D eigenvalue weighted by Gasteiger charge is -2.31. The molecule has 3 N–H and O–H groups in total. The second-order valence-corrected chi connectivity index (χ2v) is 6.31. The van der Waals surface area contributed by atoms with Crippen molar-refractivity contribution in [3.63, 3.8) is 0 Å². The number of hydrogen-bond acceptors (Lipinski definition) is 4. The molecule has 0 radical (unpaired) electrons. The van der Waals surface area contributed by atoms with Crippen LogP contribution in [-0.2, 0) is 9.59 Å². The Kier molecular flexibility index (Phi) is 4.93. The van der Waals surface area contributed by atoms with Crippen molar-refractivity contribution >= 4 is 17.5 Å². The van der Waals surface area contributed by atoms with Crippen LogP contribution >= 0.6 is 0 Å². The Morgan fingerprint density at radius 2 is 2.13 bits per heavy atom. The molecule has 6 nitrogen and oxygen atoms in total. The topological polar surface area (TPSA) is 73.5 Å². The first-order chi connectivity index (χ1) is 11.1. The number of carbonyl (C=O) groups excluding carboxylic acids is 2. The number of amides is 2. The molecule has 0 spiro atoms. The Bertz CT molecular complexity index is 563. The van der Waals surface area contributed by atoms with E-state index >= 15 is 0 Å². The highest BCUT2D eigenvalue weighted by atomic mass is 16.2. The van der Waals surface area contributed by atoms with Gasteiger partial charge in [-0.25, -0.2) is 0 Å². The molecule has 1 aromatic rings. The summed E-state index contributed by atoms with van der Waals surface area (Å²) in [5, 5.41) is 9.17. The fraction of sp³-hybridized carbons (Fsp3) is 0.529. The summed E-state index contributed by atoms with van der Waals surface area (Å²) in [6.45, 7) is 1.47. The summed E-state index contributed by atoms with van der Waals surface area (Å²) in [6.07, 6.45) is 2.16. The van der Waals surface area contributed by atoms with Gasteiger partial charge < -0.3 is 16.0 Å². The molecule has 1 aromatic carbocycles. The summed E-state index contributed by atoms with van der Waals surface area (Å²) in [6, 6.07) is 9.77. The summed E-state index contributed by atoms with van der Waals surface area (Å²) >= 11 is 0. The normalized spacial score (nSPS) is 27.9. The van der Waals surface area contributed by atoms with Gasteiger partial charge >= 0.3 is 0 Å². The van der Waals surface area contributed by atoms with Crippen molar-refractivity contribution < 1.29 is 9.59 Å². The van der Waals surface area contributed by atoms with Gasteiger partial charge in [0.15, 0.2) is 0 Å². The monoisotopic (exact) mass is 316 g/mol. The van der Waals surface area contributed by atoms with Gasteiger partial charge in [0.2, 0.25) is 11.8 Å². The van der Waals surface area contributed by atoms with E-state index in [2.05, 4.69) is 27.9 Å². The zero-order valence-corrected chi connectivity index (χ0v) is 13.4. The smallest absolute Gasteiger partial charge is 0.238 e. The second-order valence-electron chi connectivity index (χ2n) is 6.31. The van der Waals surface area contributed by atoms with Crippen molar-refractivity contribution in [3.8, 4) is 0 Å². The predicted molar refractivity (Wildman–Crippen MR) is 89.1 cm³/mol. The van der Waals surface area contributed by atoms with E-state index in [9.17, 15) is 9.59 Å². The maximum absolute atomic E-state index is 12.1. The first-order valence-electron chi connectivity index (χ1n) is 8.23. The van der Waals surface area contributed by atoms with E-state index in [1.165, 1.54) is 0 Å². The van der Waals surface area contributed by atoms with Crippen molar-refractivity contribution in [3.05, 3.63) is 30.3 Å². The highest BCUT2D eigenvalue weighted by molar-refractivity contribution is 5.90. The first kappa shape index (κ1) is 16.0. The van der Waals surface area contributed by atoms with Crippen LogP contribution in [0, 0.1) is 0 Å². The largest absolute Gasteiger partial charge is 0.353 e. The molecule has 2 amide bonds. The van der Waals surface area contributed by atoms with E-state index in [0.717, 1.165) is 25.1 Å². The highest BCUT2D eigenvalue weighted by Crippen LogP contribution is 2.21. The van der Waals surface area contributed by atoms with Gasteiger partial charge in [0.25, 0.3) is 0 Å². The number of anilines is 1. The van der Waals surface area contributed by atoms with Crippen molar-refractivity contribution in [1.29, 1.82) is 0 Å². The molecule has 2 aliphatic rings. The molecule has 2 heterocycles. The lowest BCUT2D eigenvalue weighted by atomic mass is 10.0. The van der Waals surface area contributed by atoms with E-state index in [-0.39, 0.29) is 29.9 Å². The number of para-hydroxylation sites is 1. The number of rotatable bonds is 4. The lowest BCUT2D eigenvalue weighted by Crippen LogP contribution is -2.48. The van der Waals surface area contributed by atoms with E-state index in [4.69, 9.17) is 0 Å². The minimum atomic E-state index is -0.122. The standard InChI is InChI=1S/C17H24N4O2/c1-21-13(11-19-17(23)16-14(21)9-10-18-16)7-8-15(22)20-12-5-3-2-4-6-12/h2-6,13-14,16,18H,7-11H2,1H3,(H,19,23)(H,20,22)/t13-,14+,16-/m0/s1. The zero-order chi connectivity index (χ0) is 16.2. The molecule has 23 heavy (non-hydrogen) atoms. The Hall–Kier alpha value is -1.92. The predicted octanol–water partition coefficient (Wildman–Crippen LogP) is 0.566. The number of carbonyl (C=O) groups is 2. The molecular formula is C17H24N4O2. The maximum atomic E-state index is 12.1. The number of nitrogens with one attached hydrogen (secondary N) is 3. The summed E-state index contributed by atoms with van der Waals surface area (Å²) in [7, 11) is 2.06. The third-order valence-electron chi connectivity index (χ3n) is 4.84. The number of likely N-dealkylation sites (N-methyl/N-ethyl adjacent to an activating group) is 1. The van der Waals surface area contributed by atoms with Crippen molar-refractivity contribution in [2.45, 2.75) is 37.4 Å². The average Bonchev–Trinajstić information content (AvgIpc) is 3.01. The molecule has 124 valence electrons. The quantitative estimate of drug-likeness (QED) is 0.759. The molecule has 2 fully saturated rings. The lowest BCUT2D eigenvalue weighted by molar-refractivity contribution is -0.123. The highest BCUT2D eigenvalue weighted by Gasteiger charge is 2.40. The number of hydrogen-bond donors (Lipinski definition) is 3. The Balaban J connectivity index is 1.55. The van der Waals surface area contributed by atoms with Gasteiger partial charge in [0.05, 0.1) is 0 Å². The van der Waals surface area contributed by atoms with Crippen LogP contribution in [0.1, 0.15) is 19.3 Å². The van der Waals surface area contributed by atoms with Crippen LogP contribution in [0.2, 0.25) is 0 Å². The molecule has 2 aliphatic heterocycles. The number of nitrogens with zero attached hydrogens (tertiary/aromatic N) is 1. The van der Waals surface area contributed by atoms with E-state index in [0.29, 0.717) is 13.0 Å². The van der Waals surface area contributed by atoms with Gasteiger partial charge in [-0.15, -0.1) is 0 Å². The molecule has 0 saturated carbocycles. The molecule has 0 aromatic heterocycles. The van der Waals surface area contributed by atoms with Crippen LogP contribution in [0.3, 0.4) is 0 Å². The first-order valence-corrected chi connectivity index (χ1v) is 8.23. The SMILES string of the molecule is CN1[C@@H](CCC(=O)Nc2ccccc2)CNC(=O)[C@H]2NCC[C@H]21. The summed E-state index contributed by atoms with van der Waals surface area (Å²) in [5.74, 6) is 0.0943. The van der Waals surface area contributed by atoms with Crippen LogP contribution in [-0.4, -0.2) is 55.0 Å². The fourth-order valence-electron chi connectivity index (χ4n) is 3.49. The van der Waals surface area contributed by atoms with E-state index in [1.807, 2.05) is 30.3 Å². The minimum absolute atomic E-state index is 0.0151. The van der Waals surface area contributed by atoms with Gasteiger partial charge in [0.1, 0.15) is 6.04 Å². The minimum Gasteiger partial charge on any atom is -0.353 e. The molecule has 6 heteroatoms.